The lowest BCUT2D eigenvalue weighted by Gasteiger charge is -2.01. The van der Waals surface area contributed by atoms with Crippen molar-refractivity contribution >= 4 is 51.4 Å². The van der Waals surface area contributed by atoms with Gasteiger partial charge in [0.25, 0.3) is 0 Å². The molecular formula is C11H5Cl2IN4. The van der Waals surface area contributed by atoms with E-state index in [1.165, 1.54) is 0 Å². The summed E-state index contributed by atoms with van der Waals surface area (Å²) in [6.07, 6.45) is 0. The predicted molar refractivity (Wildman–Crippen MR) is 79.0 cm³/mol. The smallest absolute Gasteiger partial charge is 0.185 e. The number of hydrogen-bond donors (Lipinski definition) is 0. The molecule has 7 heteroatoms. The molecule has 0 unspecified atom stereocenters. The molecule has 4 nitrogen and oxygen atoms in total. The van der Waals surface area contributed by atoms with E-state index in [1.54, 1.807) is 16.6 Å². The van der Waals surface area contributed by atoms with Crippen LogP contribution in [0.1, 0.15) is 0 Å². The van der Waals surface area contributed by atoms with Gasteiger partial charge < -0.3 is 0 Å². The average Bonchev–Trinajstić information content (AvgIpc) is 2.75. The van der Waals surface area contributed by atoms with Gasteiger partial charge in [0.15, 0.2) is 11.5 Å². The number of rotatable bonds is 1. The Balaban J connectivity index is 2.24. The van der Waals surface area contributed by atoms with Crippen LogP contribution in [-0.2, 0) is 0 Å². The Kier molecular flexibility index (Phi) is 3.13. The SMILES string of the molecule is Clc1ccc2nnc(-c3ccc(I)c(Cl)c3)n2n1. The summed E-state index contributed by atoms with van der Waals surface area (Å²) in [5.74, 6) is 0.616. The van der Waals surface area contributed by atoms with Gasteiger partial charge in [0.2, 0.25) is 0 Å². The monoisotopic (exact) mass is 390 g/mol. The lowest BCUT2D eigenvalue weighted by molar-refractivity contribution is 0.936. The molecule has 18 heavy (non-hydrogen) atoms. The lowest BCUT2D eigenvalue weighted by Crippen LogP contribution is -1.95. The molecule has 90 valence electrons. The van der Waals surface area contributed by atoms with Crippen molar-refractivity contribution in [3.05, 3.63) is 44.1 Å². The summed E-state index contributed by atoms with van der Waals surface area (Å²) in [5, 5.41) is 13.4. The molecule has 0 aliphatic rings. The first kappa shape index (κ1) is 12.1. The summed E-state index contributed by atoms with van der Waals surface area (Å²) >= 11 is 14.1. The second-order valence-corrected chi connectivity index (χ2v) is 5.54. The molecule has 0 saturated heterocycles. The minimum atomic E-state index is 0.389. The van der Waals surface area contributed by atoms with Crippen molar-refractivity contribution < 1.29 is 0 Å². The fourth-order valence-corrected chi connectivity index (χ4v) is 2.24. The fourth-order valence-electron chi connectivity index (χ4n) is 1.58. The van der Waals surface area contributed by atoms with Gasteiger partial charge in [0.05, 0.1) is 5.02 Å². The van der Waals surface area contributed by atoms with Gasteiger partial charge in [-0.25, -0.2) is 0 Å². The van der Waals surface area contributed by atoms with Crippen LogP contribution in [-0.4, -0.2) is 19.8 Å². The quantitative estimate of drug-likeness (QED) is 0.595. The van der Waals surface area contributed by atoms with Crippen LogP contribution in [0.25, 0.3) is 17.0 Å². The average molecular weight is 391 g/mol. The number of nitrogens with zero attached hydrogens (tertiary/aromatic N) is 4. The third-order valence-electron chi connectivity index (χ3n) is 2.41. The Hall–Kier alpha value is -0.920. The normalized spacial score (nSPS) is 11.1. The van der Waals surface area contributed by atoms with Crippen molar-refractivity contribution in [2.45, 2.75) is 0 Å². The Bertz CT molecular complexity index is 741. The van der Waals surface area contributed by atoms with Crippen LogP contribution in [0.3, 0.4) is 0 Å². The van der Waals surface area contributed by atoms with E-state index in [1.807, 2.05) is 18.2 Å². The van der Waals surface area contributed by atoms with Crippen LogP contribution in [0.2, 0.25) is 10.2 Å². The van der Waals surface area contributed by atoms with E-state index in [2.05, 4.69) is 37.9 Å². The summed E-state index contributed by atoms with van der Waals surface area (Å²) < 4.78 is 2.58. The molecule has 2 heterocycles. The fraction of sp³-hybridized carbons (Fsp3) is 0. The second-order valence-electron chi connectivity index (χ2n) is 3.58. The first-order valence-corrected chi connectivity index (χ1v) is 6.82. The van der Waals surface area contributed by atoms with Crippen molar-refractivity contribution in [3.8, 4) is 11.4 Å². The molecule has 3 rings (SSSR count). The highest BCUT2D eigenvalue weighted by Crippen LogP contribution is 2.25. The molecule has 0 saturated carbocycles. The molecule has 2 aromatic heterocycles. The largest absolute Gasteiger partial charge is 0.191 e. The van der Waals surface area contributed by atoms with Gasteiger partial charge in [-0.3, -0.25) is 0 Å². The van der Waals surface area contributed by atoms with Gasteiger partial charge in [0.1, 0.15) is 5.15 Å². The summed E-state index contributed by atoms with van der Waals surface area (Å²) in [7, 11) is 0. The molecule has 0 atom stereocenters. The van der Waals surface area contributed by atoms with Gasteiger partial charge in [-0.15, -0.1) is 10.2 Å². The summed E-state index contributed by atoms with van der Waals surface area (Å²) in [6.45, 7) is 0. The van der Waals surface area contributed by atoms with E-state index in [0.29, 0.717) is 21.6 Å². The van der Waals surface area contributed by atoms with Gasteiger partial charge in [0, 0.05) is 9.13 Å². The van der Waals surface area contributed by atoms with E-state index in [9.17, 15) is 0 Å². The van der Waals surface area contributed by atoms with Gasteiger partial charge in [-0.2, -0.15) is 9.61 Å². The highest BCUT2D eigenvalue weighted by Gasteiger charge is 2.10. The standard InChI is InChI=1S/C11H5Cl2IN4/c12-7-5-6(1-2-8(7)14)11-16-15-10-4-3-9(13)17-18(10)11/h1-5H. The van der Waals surface area contributed by atoms with Crippen molar-refractivity contribution in [1.82, 2.24) is 19.8 Å². The van der Waals surface area contributed by atoms with Crippen molar-refractivity contribution in [2.24, 2.45) is 0 Å². The number of fused-ring (bicyclic) bond motifs is 1. The van der Waals surface area contributed by atoms with Gasteiger partial charge in [-0.1, -0.05) is 23.2 Å². The first-order valence-electron chi connectivity index (χ1n) is 4.98. The summed E-state index contributed by atoms with van der Waals surface area (Å²) in [4.78, 5) is 0. The predicted octanol–water partition coefficient (Wildman–Crippen LogP) is 3.70. The third-order valence-corrected chi connectivity index (χ3v) is 4.18. The molecule has 0 fully saturated rings. The zero-order chi connectivity index (χ0) is 12.7. The molecular weight excluding hydrogens is 386 g/mol. The van der Waals surface area contributed by atoms with Gasteiger partial charge >= 0.3 is 0 Å². The van der Waals surface area contributed by atoms with Crippen LogP contribution in [0.15, 0.2) is 30.3 Å². The molecule has 0 N–H and O–H groups in total. The van der Waals surface area contributed by atoms with E-state index < -0.39 is 0 Å². The van der Waals surface area contributed by atoms with Crippen LogP contribution >= 0.6 is 45.8 Å². The topological polar surface area (TPSA) is 43.1 Å². The number of aromatic nitrogens is 4. The van der Waals surface area contributed by atoms with E-state index in [0.717, 1.165) is 9.13 Å². The van der Waals surface area contributed by atoms with Crippen LogP contribution in [0.5, 0.6) is 0 Å². The van der Waals surface area contributed by atoms with Gasteiger partial charge in [-0.05, 0) is 52.9 Å². The Morgan fingerprint density at radius 2 is 1.89 bits per heavy atom. The highest BCUT2D eigenvalue weighted by molar-refractivity contribution is 14.1. The molecule has 3 aromatic rings. The highest BCUT2D eigenvalue weighted by atomic mass is 127. The maximum atomic E-state index is 6.10. The van der Waals surface area contributed by atoms with Crippen LogP contribution in [0, 0.1) is 3.57 Å². The number of halogens is 3. The maximum Gasteiger partial charge on any atom is 0.185 e. The summed E-state index contributed by atoms with van der Waals surface area (Å²) in [6, 6.07) is 9.12. The molecule has 0 aliphatic carbocycles. The molecule has 0 spiro atoms. The molecule has 0 aliphatic heterocycles. The Labute approximate surface area is 126 Å². The molecule has 0 radical (unpaired) electrons. The Morgan fingerprint density at radius 3 is 2.67 bits per heavy atom. The number of benzene rings is 1. The number of hydrogen-bond acceptors (Lipinski definition) is 3. The van der Waals surface area contributed by atoms with Crippen LogP contribution in [0.4, 0.5) is 0 Å². The first-order chi connectivity index (χ1) is 8.65. The summed E-state index contributed by atoms with van der Waals surface area (Å²) in [5.41, 5.74) is 1.49. The van der Waals surface area contributed by atoms with Crippen LogP contribution < -0.4 is 0 Å². The molecule has 1 aromatic carbocycles. The third kappa shape index (κ3) is 2.06. The zero-order valence-electron chi connectivity index (χ0n) is 8.81. The van der Waals surface area contributed by atoms with Crippen molar-refractivity contribution in [3.63, 3.8) is 0 Å². The Morgan fingerprint density at radius 1 is 1.06 bits per heavy atom. The van der Waals surface area contributed by atoms with E-state index in [4.69, 9.17) is 23.2 Å². The second kappa shape index (κ2) is 4.64. The van der Waals surface area contributed by atoms with E-state index >= 15 is 0 Å². The molecule has 0 bridgehead atoms. The minimum Gasteiger partial charge on any atom is -0.191 e. The molecule has 0 amide bonds. The van der Waals surface area contributed by atoms with Crippen molar-refractivity contribution in [2.75, 3.05) is 0 Å². The maximum absolute atomic E-state index is 6.10. The zero-order valence-corrected chi connectivity index (χ0v) is 12.5. The van der Waals surface area contributed by atoms with Crippen molar-refractivity contribution in [1.29, 1.82) is 0 Å². The lowest BCUT2D eigenvalue weighted by atomic mass is 10.2. The van der Waals surface area contributed by atoms with E-state index in [-0.39, 0.29) is 0 Å². The minimum absolute atomic E-state index is 0.389.